The van der Waals surface area contributed by atoms with Gasteiger partial charge in [-0.15, -0.1) is 0 Å². The van der Waals surface area contributed by atoms with Crippen molar-refractivity contribution in [2.24, 2.45) is 0 Å². The first-order chi connectivity index (χ1) is 15.8. The predicted octanol–water partition coefficient (Wildman–Crippen LogP) is 4.65. The van der Waals surface area contributed by atoms with Crippen molar-refractivity contribution in [2.45, 2.75) is 12.7 Å². The summed E-state index contributed by atoms with van der Waals surface area (Å²) in [6, 6.07) is 8.78. The van der Waals surface area contributed by atoms with E-state index in [1.165, 1.54) is 18.3 Å². The molecule has 0 radical (unpaired) electrons. The van der Waals surface area contributed by atoms with Crippen molar-refractivity contribution >= 4 is 34.9 Å². The molecule has 0 amide bonds. The number of rotatable bonds is 6. The highest BCUT2D eigenvalue weighted by atomic mass is 35.5. The summed E-state index contributed by atoms with van der Waals surface area (Å²) in [6.45, 7) is 4.20. The van der Waals surface area contributed by atoms with Gasteiger partial charge in [-0.2, -0.15) is 18.2 Å². The fraction of sp³-hybridized carbons (Fsp3) is 0.318. The van der Waals surface area contributed by atoms with E-state index < -0.39 is 11.7 Å². The zero-order valence-electron chi connectivity index (χ0n) is 17.9. The van der Waals surface area contributed by atoms with Gasteiger partial charge in [0.25, 0.3) is 0 Å². The molecule has 1 saturated heterocycles. The number of pyridine rings is 1. The maximum atomic E-state index is 12.7. The van der Waals surface area contributed by atoms with Crippen molar-refractivity contribution in [1.29, 1.82) is 0 Å². The van der Waals surface area contributed by atoms with Gasteiger partial charge < -0.3 is 20.4 Å². The molecule has 0 bridgehead atoms. The molecule has 1 aliphatic heterocycles. The van der Waals surface area contributed by atoms with Gasteiger partial charge in [0.15, 0.2) is 5.82 Å². The molecular formula is C22H23ClF3N7. The van der Waals surface area contributed by atoms with E-state index in [4.69, 9.17) is 11.6 Å². The highest BCUT2D eigenvalue weighted by Crippen LogP contribution is 2.29. The lowest BCUT2D eigenvalue weighted by Gasteiger charge is -2.33. The number of nitrogens with one attached hydrogen (secondary N) is 2. The molecule has 1 aliphatic rings. The molecule has 33 heavy (non-hydrogen) atoms. The van der Waals surface area contributed by atoms with E-state index >= 15 is 0 Å². The van der Waals surface area contributed by atoms with E-state index in [0.717, 1.165) is 44.0 Å². The first kappa shape index (κ1) is 23.1. The van der Waals surface area contributed by atoms with E-state index in [9.17, 15) is 13.2 Å². The summed E-state index contributed by atoms with van der Waals surface area (Å²) in [5.41, 5.74) is 1.03. The third-order valence-corrected chi connectivity index (χ3v) is 5.62. The third-order valence-electron chi connectivity index (χ3n) is 5.34. The molecule has 11 heteroatoms. The molecule has 0 saturated carbocycles. The molecule has 0 aliphatic carbocycles. The van der Waals surface area contributed by atoms with Crippen LogP contribution in [0.1, 0.15) is 11.1 Å². The first-order valence-corrected chi connectivity index (χ1v) is 10.7. The summed E-state index contributed by atoms with van der Waals surface area (Å²) in [4.78, 5) is 17.6. The van der Waals surface area contributed by atoms with Gasteiger partial charge in [0, 0.05) is 32.7 Å². The van der Waals surface area contributed by atoms with Gasteiger partial charge in [0.05, 0.1) is 23.6 Å². The third kappa shape index (κ3) is 6.02. The van der Waals surface area contributed by atoms with Crippen molar-refractivity contribution in [3.05, 3.63) is 64.9 Å². The van der Waals surface area contributed by atoms with Crippen LogP contribution in [0.4, 0.5) is 36.4 Å². The van der Waals surface area contributed by atoms with Crippen LogP contribution in [0.3, 0.4) is 0 Å². The van der Waals surface area contributed by atoms with Crippen LogP contribution < -0.4 is 15.5 Å². The second-order valence-electron chi connectivity index (χ2n) is 7.76. The fourth-order valence-corrected chi connectivity index (χ4v) is 3.53. The molecule has 1 fully saturated rings. The summed E-state index contributed by atoms with van der Waals surface area (Å²) >= 11 is 6.18. The lowest BCUT2D eigenvalue weighted by molar-refractivity contribution is -0.137. The molecule has 0 atom stereocenters. The minimum absolute atomic E-state index is 0.256. The minimum atomic E-state index is -4.36. The first-order valence-electron chi connectivity index (χ1n) is 10.4. The number of nitrogens with zero attached hydrogens (tertiary/aromatic N) is 5. The lowest BCUT2D eigenvalue weighted by atomic mass is 10.1. The van der Waals surface area contributed by atoms with Crippen LogP contribution in [0.2, 0.25) is 5.02 Å². The van der Waals surface area contributed by atoms with Crippen LogP contribution >= 0.6 is 11.6 Å². The molecule has 2 N–H and O–H groups in total. The topological polar surface area (TPSA) is 69.2 Å². The number of hydrogen-bond acceptors (Lipinski definition) is 7. The Morgan fingerprint density at radius 2 is 1.70 bits per heavy atom. The zero-order chi connectivity index (χ0) is 23.4. The Labute approximate surface area is 194 Å². The second kappa shape index (κ2) is 9.80. The largest absolute Gasteiger partial charge is 0.416 e. The van der Waals surface area contributed by atoms with Crippen molar-refractivity contribution in [3.63, 3.8) is 0 Å². The summed E-state index contributed by atoms with van der Waals surface area (Å²) in [6.07, 6.45) is -1.10. The normalized spacial score (nSPS) is 14.9. The van der Waals surface area contributed by atoms with Gasteiger partial charge in [0.1, 0.15) is 10.8 Å². The smallest absolute Gasteiger partial charge is 0.368 e. The zero-order valence-corrected chi connectivity index (χ0v) is 18.7. The van der Waals surface area contributed by atoms with Gasteiger partial charge in [0.2, 0.25) is 5.95 Å². The Bertz CT molecular complexity index is 1070. The minimum Gasteiger partial charge on any atom is -0.368 e. The number of hydrogen-bond donors (Lipinski definition) is 2. The van der Waals surface area contributed by atoms with Crippen molar-refractivity contribution in [3.8, 4) is 0 Å². The van der Waals surface area contributed by atoms with Crippen LogP contribution in [0.5, 0.6) is 0 Å². The molecule has 2 aromatic heterocycles. The number of anilines is 4. The number of aromatic nitrogens is 3. The molecule has 0 spiro atoms. The van der Waals surface area contributed by atoms with E-state index in [0.29, 0.717) is 28.2 Å². The molecule has 4 rings (SSSR count). The lowest BCUT2D eigenvalue weighted by Crippen LogP contribution is -2.44. The van der Waals surface area contributed by atoms with Crippen LogP contribution in [-0.4, -0.2) is 53.1 Å². The average Bonchev–Trinajstić information content (AvgIpc) is 2.80. The van der Waals surface area contributed by atoms with Crippen LogP contribution in [0.25, 0.3) is 0 Å². The molecule has 174 valence electrons. The van der Waals surface area contributed by atoms with Gasteiger partial charge >= 0.3 is 6.18 Å². The van der Waals surface area contributed by atoms with Crippen molar-refractivity contribution in [1.82, 2.24) is 19.9 Å². The highest BCUT2D eigenvalue weighted by Gasteiger charge is 2.29. The molecule has 3 aromatic rings. The Hall–Kier alpha value is -3.11. The number of likely N-dealkylation sites (N-methyl/N-ethyl adjacent to an activating group) is 1. The quantitative estimate of drug-likeness (QED) is 0.535. The average molecular weight is 478 g/mol. The Kier molecular flexibility index (Phi) is 6.85. The standard InChI is InChI=1S/C22H23ClF3N7/c1-32-8-10-33(11-9-32)17-6-7-19(27-13-17)30-21-29-14-18(23)20(31-21)28-12-15-2-4-16(5-3-15)22(24,25)26/h2-7,13-14H,8-12H2,1H3,(H2,27,28,29,30,31). The number of alkyl halides is 3. The Balaban J connectivity index is 1.38. The molecule has 0 unspecified atom stereocenters. The van der Waals surface area contributed by atoms with Crippen molar-refractivity contribution < 1.29 is 13.2 Å². The van der Waals surface area contributed by atoms with E-state index in [1.54, 1.807) is 0 Å². The summed E-state index contributed by atoms with van der Waals surface area (Å²) in [5.74, 6) is 1.25. The molecule has 7 nitrogen and oxygen atoms in total. The molecular weight excluding hydrogens is 455 g/mol. The maximum Gasteiger partial charge on any atom is 0.416 e. The van der Waals surface area contributed by atoms with Crippen LogP contribution in [0, 0.1) is 0 Å². The molecule has 1 aromatic carbocycles. The number of halogens is 4. The SMILES string of the molecule is CN1CCN(c2ccc(Nc3ncc(Cl)c(NCc4ccc(C(F)(F)F)cc4)n3)nc2)CC1. The van der Waals surface area contributed by atoms with Crippen molar-refractivity contribution in [2.75, 3.05) is 48.8 Å². The molecule has 3 heterocycles. The Morgan fingerprint density at radius 3 is 2.33 bits per heavy atom. The summed E-state index contributed by atoms with van der Waals surface area (Å²) in [7, 11) is 2.11. The monoisotopic (exact) mass is 477 g/mol. The van der Waals surface area contributed by atoms with Crippen LogP contribution in [0.15, 0.2) is 48.8 Å². The summed E-state index contributed by atoms with van der Waals surface area (Å²) < 4.78 is 38.1. The predicted molar refractivity (Wildman–Crippen MR) is 123 cm³/mol. The number of piperazine rings is 1. The maximum absolute atomic E-state index is 12.7. The van der Waals surface area contributed by atoms with Gasteiger partial charge in [-0.05, 0) is 36.9 Å². The highest BCUT2D eigenvalue weighted by molar-refractivity contribution is 6.32. The Morgan fingerprint density at radius 1 is 0.970 bits per heavy atom. The van der Waals surface area contributed by atoms with E-state index in [-0.39, 0.29) is 6.54 Å². The van der Waals surface area contributed by atoms with Crippen LogP contribution in [-0.2, 0) is 12.7 Å². The van der Waals surface area contributed by atoms with Gasteiger partial charge in [-0.25, -0.2) is 9.97 Å². The van der Waals surface area contributed by atoms with Gasteiger partial charge in [-0.3, -0.25) is 0 Å². The second-order valence-corrected chi connectivity index (χ2v) is 8.16. The van der Waals surface area contributed by atoms with E-state index in [1.807, 2.05) is 18.3 Å². The van der Waals surface area contributed by atoms with Gasteiger partial charge in [-0.1, -0.05) is 23.7 Å². The number of benzene rings is 1. The summed E-state index contributed by atoms with van der Waals surface area (Å²) in [5, 5.41) is 6.38. The van der Waals surface area contributed by atoms with E-state index in [2.05, 4.69) is 42.4 Å². The fourth-order valence-electron chi connectivity index (χ4n) is 3.37.